The Bertz CT molecular complexity index is 930. The zero-order chi connectivity index (χ0) is 21.2. The molecular weight excluding hydrogens is 384 g/mol. The minimum Gasteiger partial charge on any atom is -0.311 e. The average molecular weight is 411 g/mol. The predicted octanol–water partition coefficient (Wildman–Crippen LogP) is 3.33. The summed E-state index contributed by atoms with van der Waals surface area (Å²) in [5.41, 5.74) is 2.92. The van der Waals surface area contributed by atoms with Crippen LogP contribution in [0.1, 0.15) is 29.2 Å². The van der Waals surface area contributed by atoms with Gasteiger partial charge < -0.3 is 5.32 Å². The molecule has 4 aromatic rings. The average Bonchev–Trinajstić information content (AvgIpc) is 2.86. The van der Waals surface area contributed by atoms with Crippen LogP contribution in [0.5, 0.6) is 0 Å². The van der Waals surface area contributed by atoms with Crippen LogP contribution in [0.25, 0.3) is 0 Å². The third kappa shape index (κ3) is 4.99. The molecule has 6 nitrogen and oxygen atoms in total. The lowest BCUT2D eigenvalue weighted by atomic mass is 9.85. The second-order valence-electron chi connectivity index (χ2n) is 7.17. The molecule has 0 bridgehead atoms. The first-order valence-corrected chi connectivity index (χ1v) is 10.5. The van der Waals surface area contributed by atoms with E-state index in [0.29, 0.717) is 0 Å². The van der Waals surface area contributed by atoms with Crippen LogP contribution >= 0.6 is 0 Å². The third-order valence-corrected chi connectivity index (χ3v) is 5.10. The molecule has 0 saturated carbocycles. The molecular formula is C25H26N6. The van der Waals surface area contributed by atoms with Crippen molar-refractivity contribution in [3.05, 3.63) is 120 Å². The first-order chi connectivity index (χ1) is 15.4. The van der Waals surface area contributed by atoms with Gasteiger partial charge in [0.2, 0.25) is 0 Å². The van der Waals surface area contributed by atoms with E-state index in [9.17, 15) is 0 Å². The van der Waals surface area contributed by atoms with Gasteiger partial charge in [0.25, 0.3) is 0 Å². The third-order valence-electron chi connectivity index (χ3n) is 5.10. The van der Waals surface area contributed by atoms with Gasteiger partial charge in [0.05, 0.1) is 22.8 Å². The van der Waals surface area contributed by atoms with Gasteiger partial charge in [0.15, 0.2) is 0 Å². The van der Waals surface area contributed by atoms with Gasteiger partial charge >= 0.3 is 0 Å². The van der Waals surface area contributed by atoms with Gasteiger partial charge in [-0.3, -0.25) is 25.3 Å². The van der Waals surface area contributed by atoms with Crippen LogP contribution < -0.4 is 10.6 Å². The summed E-state index contributed by atoms with van der Waals surface area (Å²) in [5.74, 6) is 0. The Balaban J connectivity index is 1.54. The molecule has 0 aliphatic rings. The molecule has 2 N–H and O–H groups in total. The largest absolute Gasteiger partial charge is 0.311 e. The second-order valence-corrected chi connectivity index (χ2v) is 7.17. The Labute approximate surface area is 182 Å². The molecule has 0 unspecified atom stereocenters. The second kappa shape index (κ2) is 10.5. The standard InChI is InChI=1S/C25H26N6/c1-5-15-27-21(10-1)20-26-14-9-19-31-25(22-11-2-6-16-28-22,23-12-3-7-17-29-23)24-13-4-8-18-30-24/h1-8,10-13,15-18,26,31H,9,14,19-20H2. The number of nitrogens with zero attached hydrogens (tertiary/aromatic N) is 4. The number of pyridine rings is 4. The van der Waals surface area contributed by atoms with Crippen LogP contribution in [0.2, 0.25) is 0 Å². The van der Waals surface area contributed by atoms with Crippen LogP contribution in [0, 0.1) is 0 Å². The Hall–Kier alpha value is -3.48. The highest BCUT2D eigenvalue weighted by Crippen LogP contribution is 2.33. The van der Waals surface area contributed by atoms with E-state index in [4.69, 9.17) is 15.0 Å². The van der Waals surface area contributed by atoms with Crippen LogP contribution in [0.3, 0.4) is 0 Å². The van der Waals surface area contributed by atoms with Gasteiger partial charge in [-0.2, -0.15) is 0 Å². The Morgan fingerprint density at radius 2 is 1.10 bits per heavy atom. The molecule has 0 radical (unpaired) electrons. The van der Waals surface area contributed by atoms with E-state index in [-0.39, 0.29) is 0 Å². The summed E-state index contributed by atoms with van der Waals surface area (Å²) in [6, 6.07) is 23.8. The number of hydrogen-bond acceptors (Lipinski definition) is 6. The first kappa shape index (κ1) is 20.8. The number of hydrogen-bond donors (Lipinski definition) is 2. The Morgan fingerprint density at radius 3 is 1.55 bits per heavy atom. The highest BCUT2D eigenvalue weighted by Gasteiger charge is 2.39. The van der Waals surface area contributed by atoms with Gasteiger partial charge in [0.1, 0.15) is 5.54 Å². The molecule has 0 aliphatic heterocycles. The molecule has 0 atom stereocenters. The van der Waals surface area contributed by atoms with E-state index in [1.54, 1.807) is 0 Å². The zero-order valence-corrected chi connectivity index (χ0v) is 17.4. The molecule has 0 spiro atoms. The van der Waals surface area contributed by atoms with Crippen molar-refractivity contribution in [3.63, 3.8) is 0 Å². The van der Waals surface area contributed by atoms with Gasteiger partial charge in [0, 0.05) is 31.3 Å². The van der Waals surface area contributed by atoms with Crippen LogP contribution in [0.15, 0.2) is 97.6 Å². The summed E-state index contributed by atoms with van der Waals surface area (Å²) in [6.45, 7) is 2.39. The summed E-state index contributed by atoms with van der Waals surface area (Å²) >= 11 is 0. The van der Waals surface area contributed by atoms with Crippen molar-refractivity contribution in [2.75, 3.05) is 13.1 Å². The summed E-state index contributed by atoms with van der Waals surface area (Å²) < 4.78 is 0. The van der Waals surface area contributed by atoms with Crippen molar-refractivity contribution in [2.45, 2.75) is 18.5 Å². The zero-order valence-electron chi connectivity index (χ0n) is 17.4. The van der Waals surface area contributed by atoms with Gasteiger partial charge in [-0.05, 0) is 68.0 Å². The topological polar surface area (TPSA) is 75.6 Å². The summed E-state index contributed by atoms with van der Waals surface area (Å²) in [4.78, 5) is 18.4. The lowest BCUT2D eigenvalue weighted by molar-refractivity contribution is 0.429. The highest BCUT2D eigenvalue weighted by molar-refractivity contribution is 5.41. The predicted molar refractivity (Wildman–Crippen MR) is 121 cm³/mol. The number of rotatable bonds is 10. The van der Waals surface area contributed by atoms with Gasteiger partial charge in [-0.15, -0.1) is 0 Å². The highest BCUT2D eigenvalue weighted by atomic mass is 15.1. The van der Waals surface area contributed by atoms with Crippen molar-refractivity contribution in [1.82, 2.24) is 30.6 Å². The van der Waals surface area contributed by atoms with Gasteiger partial charge in [-0.25, -0.2) is 0 Å². The maximum Gasteiger partial charge on any atom is 0.146 e. The molecule has 156 valence electrons. The van der Waals surface area contributed by atoms with Crippen LogP contribution in [-0.2, 0) is 12.1 Å². The van der Waals surface area contributed by atoms with Gasteiger partial charge in [-0.1, -0.05) is 24.3 Å². The molecule has 6 heteroatoms. The van der Waals surface area contributed by atoms with E-state index in [2.05, 4.69) is 15.6 Å². The molecule has 0 aliphatic carbocycles. The molecule has 4 heterocycles. The van der Waals surface area contributed by atoms with Crippen LogP contribution in [0.4, 0.5) is 0 Å². The van der Waals surface area contributed by atoms with E-state index >= 15 is 0 Å². The van der Waals surface area contributed by atoms with E-state index in [1.165, 1.54) is 0 Å². The molecule has 4 rings (SSSR count). The summed E-state index contributed by atoms with van der Waals surface area (Å²) in [7, 11) is 0. The fourth-order valence-electron chi connectivity index (χ4n) is 3.63. The summed E-state index contributed by atoms with van der Waals surface area (Å²) in [6.07, 6.45) is 8.19. The van der Waals surface area contributed by atoms with Crippen molar-refractivity contribution in [2.24, 2.45) is 0 Å². The lowest BCUT2D eigenvalue weighted by Crippen LogP contribution is -2.47. The SMILES string of the molecule is c1ccc(CNCCCNC(c2ccccn2)(c2ccccn2)c2ccccn2)nc1. The normalized spacial score (nSPS) is 11.4. The monoisotopic (exact) mass is 410 g/mol. The summed E-state index contributed by atoms with van der Waals surface area (Å²) in [5, 5.41) is 7.20. The van der Waals surface area contributed by atoms with Crippen molar-refractivity contribution in [1.29, 1.82) is 0 Å². The van der Waals surface area contributed by atoms with Crippen molar-refractivity contribution >= 4 is 0 Å². The molecule has 0 aromatic carbocycles. The first-order valence-electron chi connectivity index (χ1n) is 10.5. The van der Waals surface area contributed by atoms with Crippen molar-refractivity contribution < 1.29 is 0 Å². The Kier molecular flexibility index (Phi) is 7.05. The number of nitrogens with one attached hydrogen (secondary N) is 2. The molecule has 0 amide bonds. The minimum absolute atomic E-state index is 0.731. The van der Waals surface area contributed by atoms with Crippen molar-refractivity contribution in [3.8, 4) is 0 Å². The molecule has 0 saturated heterocycles. The minimum atomic E-state index is -0.731. The fraction of sp³-hybridized carbons (Fsp3) is 0.200. The molecule has 31 heavy (non-hydrogen) atoms. The lowest BCUT2D eigenvalue weighted by Gasteiger charge is -2.33. The smallest absolute Gasteiger partial charge is 0.146 e. The maximum absolute atomic E-state index is 4.69. The molecule has 0 fully saturated rings. The number of aromatic nitrogens is 4. The molecule has 4 aromatic heterocycles. The maximum atomic E-state index is 4.69. The van der Waals surface area contributed by atoms with E-state index in [0.717, 1.165) is 48.8 Å². The fourth-order valence-corrected chi connectivity index (χ4v) is 3.63. The quantitative estimate of drug-likeness (QED) is 0.391. The van der Waals surface area contributed by atoms with Crippen LogP contribution in [-0.4, -0.2) is 33.0 Å². The van der Waals surface area contributed by atoms with E-state index < -0.39 is 5.54 Å². The Morgan fingerprint density at radius 1 is 0.581 bits per heavy atom. The van der Waals surface area contributed by atoms with E-state index in [1.807, 2.05) is 97.6 Å².